The number of carbonyl (C=O) groups excluding carboxylic acids is 2. The van der Waals surface area contributed by atoms with E-state index in [1.807, 2.05) is 57.2 Å². The molecule has 5 aromatic rings. The molecule has 8 nitrogen and oxygen atoms in total. The summed E-state index contributed by atoms with van der Waals surface area (Å²) >= 11 is 6.60. The van der Waals surface area contributed by atoms with E-state index >= 15 is 0 Å². The Hall–Kier alpha value is -4.96. The molecule has 2 N–H and O–H groups in total. The summed E-state index contributed by atoms with van der Waals surface area (Å²) in [6.07, 6.45) is -1.55. The standard InChI is InChI=1S/C44H47ClFN3O5/c1-44(2,3)28-49-37-20-19-33(45)24-35(37)41(54-39(43(49)51)25-40(50)48-27-32-13-7-8-15-36(32)46)34-14-9-16-38(42(34)52-4)53-22-10-21-47-26-29-17-18-30-11-5-6-12-31(30)23-29/h5-9,11-20,23-24,39,41,47H,10,21-22,25-28H2,1-4H3,(H,48,50). The summed E-state index contributed by atoms with van der Waals surface area (Å²) in [5, 5.41) is 9.17. The van der Waals surface area contributed by atoms with Crippen LogP contribution in [0.4, 0.5) is 10.1 Å². The monoisotopic (exact) mass is 751 g/mol. The number of carbonyl (C=O) groups is 2. The average molecular weight is 752 g/mol. The van der Waals surface area contributed by atoms with Gasteiger partial charge in [0.1, 0.15) is 18.0 Å². The van der Waals surface area contributed by atoms with E-state index in [1.54, 1.807) is 42.3 Å². The first-order valence-corrected chi connectivity index (χ1v) is 18.6. The van der Waals surface area contributed by atoms with Crippen LogP contribution >= 0.6 is 11.6 Å². The second kappa shape index (κ2) is 17.5. The molecule has 2 amide bonds. The largest absolute Gasteiger partial charge is 0.492 e. The third-order valence-electron chi connectivity index (χ3n) is 9.24. The summed E-state index contributed by atoms with van der Waals surface area (Å²) in [5.74, 6) is -0.252. The molecule has 0 bridgehead atoms. The lowest BCUT2D eigenvalue weighted by Gasteiger charge is -2.31. The Morgan fingerprint density at radius 3 is 2.46 bits per heavy atom. The summed E-state index contributed by atoms with van der Waals surface area (Å²) in [5.41, 5.74) is 3.17. The quantitative estimate of drug-likeness (QED) is 0.110. The van der Waals surface area contributed by atoms with E-state index in [0.717, 1.165) is 19.5 Å². The van der Waals surface area contributed by atoms with Gasteiger partial charge in [0.25, 0.3) is 5.91 Å². The van der Waals surface area contributed by atoms with Crippen LogP contribution in [0.25, 0.3) is 10.8 Å². The molecule has 0 aromatic heterocycles. The number of ether oxygens (including phenoxy) is 3. The van der Waals surface area contributed by atoms with Crippen LogP contribution in [0.2, 0.25) is 5.02 Å². The number of amides is 2. The molecule has 5 aromatic carbocycles. The van der Waals surface area contributed by atoms with E-state index in [-0.39, 0.29) is 24.3 Å². The van der Waals surface area contributed by atoms with Crippen molar-refractivity contribution in [2.75, 3.05) is 31.7 Å². The second-order valence-corrected chi connectivity index (χ2v) is 15.1. The van der Waals surface area contributed by atoms with E-state index in [9.17, 15) is 14.0 Å². The fourth-order valence-electron chi connectivity index (χ4n) is 6.69. The number of hydrogen-bond acceptors (Lipinski definition) is 6. The molecule has 1 aliphatic rings. The van der Waals surface area contributed by atoms with Gasteiger partial charge >= 0.3 is 0 Å². The van der Waals surface area contributed by atoms with E-state index < -0.39 is 23.9 Å². The van der Waals surface area contributed by atoms with Crippen molar-refractivity contribution < 1.29 is 28.2 Å². The van der Waals surface area contributed by atoms with E-state index in [1.165, 1.54) is 22.4 Å². The normalized spacial score (nSPS) is 15.8. The van der Waals surface area contributed by atoms with Crippen LogP contribution in [0.3, 0.4) is 0 Å². The molecule has 0 fully saturated rings. The third kappa shape index (κ3) is 9.58. The molecule has 0 saturated heterocycles. The van der Waals surface area contributed by atoms with Crippen LogP contribution in [0.15, 0.2) is 103 Å². The molecule has 282 valence electrons. The Balaban J connectivity index is 1.21. The van der Waals surface area contributed by atoms with Crippen LogP contribution in [0.1, 0.15) is 62.0 Å². The first-order valence-electron chi connectivity index (χ1n) is 18.3. The fourth-order valence-corrected chi connectivity index (χ4v) is 6.87. The van der Waals surface area contributed by atoms with E-state index in [0.29, 0.717) is 52.1 Å². The predicted octanol–water partition coefficient (Wildman–Crippen LogP) is 8.77. The van der Waals surface area contributed by atoms with Gasteiger partial charge in [-0.25, -0.2) is 4.39 Å². The molecule has 0 radical (unpaired) electrons. The minimum atomic E-state index is -1.17. The van der Waals surface area contributed by atoms with Crippen LogP contribution in [-0.2, 0) is 27.4 Å². The van der Waals surface area contributed by atoms with Crippen LogP contribution in [0, 0.1) is 11.2 Å². The molecule has 6 rings (SSSR count). The Morgan fingerprint density at radius 1 is 0.907 bits per heavy atom. The Labute approximate surface area is 321 Å². The summed E-state index contributed by atoms with van der Waals surface area (Å²) in [7, 11) is 1.57. The van der Waals surface area contributed by atoms with Gasteiger partial charge in [0.15, 0.2) is 11.5 Å². The number of fused-ring (bicyclic) bond motifs is 2. The van der Waals surface area contributed by atoms with Crippen molar-refractivity contribution in [3.8, 4) is 11.5 Å². The summed E-state index contributed by atoms with van der Waals surface area (Å²) in [4.78, 5) is 29.4. The molecule has 1 aliphatic heterocycles. The summed E-state index contributed by atoms with van der Waals surface area (Å²) in [6, 6.07) is 32.0. The van der Waals surface area contributed by atoms with E-state index in [2.05, 4.69) is 41.0 Å². The second-order valence-electron chi connectivity index (χ2n) is 14.7. The molecule has 2 atom stereocenters. The van der Waals surface area contributed by atoms with Gasteiger partial charge in [-0.3, -0.25) is 9.59 Å². The molecule has 0 aliphatic carbocycles. The average Bonchev–Trinajstić information content (AvgIpc) is 3.25. The van der Waals surface area contributed by atoms with E-state index in [4.69, 9.17) is 25.8 Å². The number of methoxy groups -OCH3 is 1. The lowest BCUT2D eigenvalue weighted by Crippen LogP contribution is -2.45. The lowest BCUT2D eigenvalue weighted by atomic mass is 9.94. The van der Waals surface area contributed by atoms with Gasteiger partial charge < -0.3 is 29.7 Å². The number of benzene rings is 5. The van der Waals surface area contributed by atoms with Gasteiger partial charge in [0, 0.05) is 47.0 Å². The smallest absolute Gasteiger partial charge is 0.256 e. The number of nitrogens with one attached hydrogen (secondary N) is 2. The third-order valence-corrected chi connectivity index (χ3v) is 9.47. The molecular formula is C44H47ClFN3O5. The summed E-state index contributed by atoms with van der Waals surface area (Å²) in [6.45, 7) is 8.38. The highest BCUT2D eigenvalue weighted by Crippen LogP contribution is 2.45. The molecule has 54 heavy (non-hydrogen) atoms. The number of nitrogens with zero attached hydrogens (tertiary/aromatic N) is 1. The van der Waals surface area contributed by atoms with Gasteiger partial charge in [0.05, 0.1) is 20.1 Å². The zero-order valence-corrected chi connectivity index (χ0v) is 31.9. The van der Waals surface area contributed by atoms with Gasteiger partial charge in [-0.05, 0) is 71.1 Å². The first-order chi connectivity index (χ1) is 26.0. The molecule has 1 heterocycles. The van der Waals surface area contributed by atoms with Gasteiger partial charge in [-0.15, -0.1) is 0 Å². The van der Waals surface area contributed by atoms with Gasteiger partial charge in [-0.1, -0.05) is 99.1 Å². The maximum atomic E-state index is 14.4. The van der Waals surface area contributed by atoms with Gasteiger partial charge in [-0.2, -0.15) is 0 Å². The van der Waals surface area contributed by atoms with Crippen molar-refractivity contribution in [2.45, 2.75) is 58.9 Å². The van der Waals surface area contributed by atoms with Crippen molar-refractivity contribution in [3.63, 3.8) is 0 Å². The molecule has 10 heteroatoms. The van der Waals surface area contributed by atoms with Crippen molar-refractivity contribution in [1.29, 1.82) is 0 Å². The number of halogens is 2. The molecule has 0 saturated carbocycles. The number of para-hydroxylation sites is 1. The predicted molar refractivity (Wildman–Crippen MR) is 212 cm³/mol. The highest BCUT2D eigenvalue weighted by atomic mass is 35.5. The Morgan fingerprint density at radius 2 is 1.69 bits per heavy atom. The minimum Gasteiger partial charge on any atom is -0.492 e. The van der Waals surface area contributed by atoms with Crippen LogP contribution < -0.4 is 25.0 Å². The highest BCUT2D eigenvalue weighted by molar-refractivity contribution is 6.30. The molecular weight excluding hydrogens is 705 g/mol. The van der Waals surface area contributed by atoms with Crippen molar-refractivity contribution in [1.82, 2.24) is 10.6 Å². The van der Waals surface area contributed by atoms with Crippen molar-refractivity contribution >= 4 is 39.9 Å². The lowest BCUT2D eigenvalue weighted by molar-refractivity contribution is -0.138. The maximum Gasteiger partial charge on any atom is 0.256 e. The highest BCUT2D eigenvalue weighted by Gasteiger charge is 2.40. The van der Waals surface area contributed by atoms with Crippen molar-refractivity contribution in [2.24, 2.45) is 5.41 Å². The zero-order valence-electron chi connectivity index (χ0n) is 31.2. The summed E-state index contributed by atoms with van der Waals surface area (Å²) < 4.78 is 33.2. The Bertz CT molecular complexity index is 2100. The minimum absolute atomic E-state index is 0.0243. The number of rotatable bonds is 14. The maximum absolute atomic E-state index is 14.4. The number of hydrogen-bond donors (Lipinski definition) is 2. The van der Waals surface area contributed by atoms with Gasteiger partial charge in [0.2, 0.25) is 5.91 Å². The SMILES string of the molecule is COc1c(OCCCNCc2ccc3ccccc3c2)cccc1C1OC(CC(=O)NCc2ccccc2F)C(=O)N(CC(C)(C)C)c2ccc(Cl)cc21. The first kappa shape index (κ1) is 38.8. The van der Waals surface area contributed by atoms with Crippen molar-refractivity contribution in [3.05, 3.63) is 136 Å². The topological polar surface area (TPSA) is 89.1 Å². The van der Waals surface area contributed by atoms with Crippen LogP contribution in [0.5, 0.6) is 11.5 Å². The zero-order chi connectivity index (χ0) is 38.2. The Kier molecular flexibility index (Phi) is 12.5. The molecule has 2 unspecified atom stereocenters. The fraction of sp³-hybridized carbons (Fsp3) is 0.318. The van der Waals surface area contributed by atoms with Crippen LogP contribution in [-0.4, -0.2) is 44.7 Å². The molecule has 0 spiro atoms. The number of anilines is 1.